The molecule has 0 fully saturated rings. The van der Waals surface area contributed by atoms with Crippen LogP contribution in [-0.2, 0) is 0 Å². The van der Waals surface area contributed by atoms with Gasteiger partial charge in [-0.2, -0.15) is 0 Å². The van der Waals surface area contributed by atoms with Gasteiger partial charge in [-0.25, -0.2) is 0 Å². The van der Waals surface area contributed by atoms with Crippen LogP contribution in [0.3, 0.4) is 0 Å². The Kier molecular flexibility index (Phi) is 5.64. The molecule has 1 unspecified atom stereocenters. The molecule has 1 rings (SSSR count). The van der Waals surface area contributed by atoms with Crippen molar-refractivity contribution >= 4 is 11.8 Å². The fourth-order valence-electron chi connectivity index (χ4n) is 1.44. The molecule has 0 aliphatic carbocycles. The number of hydrogen-bond acceptors (Lipinski definition) is 2. The number of thioether (sulfide) groups is 1. The summed E-state index contributed by atoms with van der Waals surface area (Å²) in [6.45, 7) is 6.40. The van der Waals surface area contributed by atoms with Crippen LogP contribution in [0.25, 0.3) is 0 Å². The van der Waals surface area contributed by atoms with E-state index in [0.29, 0.717) is 6.04 Å². The number of allylic oxidation sites excluding steroid dienone is 1. The van der Waals surface area contributed by atoms with Crippen LogP contribution in [0.15, 0.2) is 40.8 Å². The first-order chi connectivity index (χ1) is 7.61. The van der Waals surface area contributed by atoms with E-state index >= 15 is 0 Å². The van der Waals surface area contributed by atoms with E-state index in [2.05, 4.69) is 56.4 Å². The molecule has 0 aliphatic heterocycles. The second-order valence-electron chi connectivity index (χ2n) is 4.26. The summed E-state index contributed by atoms with van der Waals surface area (Å²) < 4.78 is 0. The normalized spacial score (nSPS) is 12.2. The smallest absolute Gasteiger partial charge is 0.0344 e. The van der Waals surface area contributed by atoms with Crippen molar-refractivity contribution in [2.45, 2.75) is 31.7 Å². The van der Waals surface area contributed by atoms with Gasteiger partial charge in [0, 0.05) is 16.7 Å². The lowest BCUT2D eigenvalue weighted by Gasteiger charge is -2.12. The maximum atomic E-state index is 3.32. The summed E-state index contributed by atoms with van der Waals surface area (Å²) in [6, 6.07) is 9.16. The maximum Gasteiger partial charge on any atom is 0.0344 e. The van der Waals surface area contributed by atoms with Crippen LogP contribution >= 0.6 is 11.8 Å². The van der Waals surface area contributed by atoms with E-state index in [1.165, 1.54) is 16.0 Å². The van der Waals surface area contributed by atoms with Gasteiger partial charge in [-0.1, -0.05) is 29.3 Å². The highest BCUT2D eigenvalue weighted by molar-refractivity contribution is 7.99. The summed E-state index contributed by atoms with van der Waals surface area (Å²) in [4.78, 5) is 1.34. The number of benzene rings is 1. The average Bonchev–Trinajstić information content (AvgIpc) is 2.26. The largest absolute Gasteiger partial charge is 0.313 e. The quantitative estimate of drug-likeness (QED) is 0.617. The Morgan fingerprint density at radius 2 is 1.94 bits per heavy atom. The van der Waals surface area contributed by atoms with Gasteiger partial charge in [0.05, 0.1) is 0 Å². The molecule has 1 N–H and O–H groups in total. The van der Waals surface area contributed by atoms with Crippen LogP contribution in [0.2, 0.25) is 0 Å². The number of rotatable bonds is 5. The number of hydrogen-bond donors (Lipinski definition) is 1. The van der Waals surface area contributed by atoms with Crippen molar-refractivity contribution in [3.63, 3.8) is 0 Å². The van der Waals surface area contributed by atoms with E-state index < -0.39 is 0 Å². The molecule has 0 aromatic heterocycles. The highest BCUT2D eigenvalue weighted by atomic mass is 32.2. The summed E-state index contributed by atoms with van der Waals surface area (Å²) in [5.74, 6) is 1.07. The van der Waals surface area contributed by atoms with Gasteiger partial charge in [0.2, 0.25) is 0 Å². The third kappa shape index (κ3) is 4.86. The Hall–Kier alpha value is -0.730. The van der Waals surface area contributed by atoms with Crippen LogP contribution < -0.4 is 5.32 Å². The molecule has 0 aliphatic rings. The number of likely N-dealkylation sites (N-methyl/N-ethyl adjacent to an activating group) is 1. The summed E-state index contributed by atoms with van der Waals surface area (Å²) in [5.41, 5.74) is 2.68. The molecular formula is C14H21NS. The lowest BCUT2D eigenvalue weighted by Crippen LogP contribution is -2.25. The topological polar surface area (TPSA) is 12.0 Å². The van der Waals surface area contributed by atoms with E-state index in [-0.39, 0.29) is 0 Å². The van der Waals surface area contributed by atoms with Gasteiger partial charge in [0.15, 0.2) is 0 Å². The molecule has 0 radical (unpaired) electrons. The second-order valence-corrected chi connectivity index (χ2v) is 5.36. The highest BCUT2D eigenvalue weighted by Crippen LogP contribution is 2.19. The van der Waals surface area contributed by atoms with Gasteiger partial charge in [0.1, 0.15) is 0 Å². The molecule has 2 heteroatoms. The van der Waals surface area contributed by atoms with Crippen LogP contribution in [-0.4, -0.2) is 18.8 Å². The third-order valence-electron chi connectivity index (χ3n) is 2.36. The van der Waals surface area contributed by atoms with Gasteiger partial charge in [-0.05, 0) is 40.0 Å². The lowest BCUT2D eigenvalue weighted by molar-refractivity contribution is 0.733. The highest BCUT2D eigenvalue weighted by Gasteiger charge is 2.03. The van der Waals surface area contributed by atoms with Gasteiger partial charge >= 0.3 is 0 Å². The Morgan fingerprint density at radius 3 is 2.44 bits per heavy atom. The first kappa shape index (κ1) is 13.3. The Balaban J connectivity index is 2.49. The van der Waals surface area contributed by atoms with Gasteiger partial charge < -0.3 is 5.32 Å². The SMILES string of the molecule is CNC(C=C(C)C)CSc1ccc(C)cc1. The number of aryl methyl sites for hydroxylation is 1. The van der Waals surface area contributed by atoms with E-state index in [9.17, 15) is 0 Å². The molecule has 1 aromatic carbocycles. The molecule has 0 saturated carbocycles. The molecule has 0 amide bonds. The van der Waals surface area contributed by atoms with E-state index in [1.807, 2.05) is 18.8 Å². The zero-order valence-corrected chi connectivity index (χ0v) is 11.4. The van der Waals surface area contributed by atoms with Crippen molar-refractivity contribution in [2.75, 3.05) is 12.8 Å². The van der Waals surface area contributed by atoms with Gasteiger partial charge in [0.25, 0.3) is 0 Å². The van der Waals surface area contributed by atoms with E-state index in [0.717, 1.165) is 5.75 Å². The number of nitrogens with one attached hydrogen (secondary N) is 1. The summed E-state index contributed by atoms with van der Waals surface area (Å²) >= 11 is 1.90. The van der Waals surface area contributed by atoms with E-state index in [4.69, 9.17) is 0 Å². The van der Waals surface area contributed by atoms with Gasteiger partial charge in [-0.3, -0.25) is 0 Å². The molecule has 0 heterocycles. The second kappa shape index (κ2) is 6.77. The predicted molar refractivity (Wildman–Crippen MR) is 74.2 cm³/mol. The van der Waals surface area contributed by atoms with Crippen LogP contribution in [0.4, 0.5) is 0 Å². The summed E-state index contributed by atoms with van der Waals surface area (Å²) in [5, 5.41) is 3.32. The van der Waals surface area contributed by atoms with Crippen molar-refractivity contribution in [1.82, 2.24) is 5.32 Å². The average molecular weight is 235 g/mol. The lowest BCUT2D eigenvalue weighted by atomic mass is 10.2. The molecule has 1 nitrogen and oxygen atoms in total. The van der Waals surface area contributed by atoms with Crippen molar-refractivity contribution in [2.24, 2.45) is 0 Å². The molecule has 0 bridgehead atoms. The fraction of sp³-hybridized carbons (Fsp3) is 0.429. The Morgan fingerprint density at radius 1 is 1.31 bits per heavy atom. The summed E-state index contributed by atoms with van der Waals surface area (Å²) in [7, 11) is 2.01. The van der Waals surface area contributed by atoms with Crippen molar-refractivity contribution < 1.29 is 0 Å². The van der Waals surface area contributed by atoms with E-state index in [1.54, 1.807) is 0 Å². The minimum atomic E-state index is 0.455. The van der Waals surface area contributed by atoms with Crippen molar-refractivity contribution in [1.29, 1.82) is 0 Å². The molecule has 1 aromatic rings. The monoisotopic (exact) mass is 235 g/mol. The molecular weight excluding hydrogens is 214 g/mol. The zero-order chi connectivity index (χ0) is 12.0. The molecule has 16 heavy (non-hydrogen) atoms. The molecule has 88 valence electrons. The van der Waals surface area contributed by atoms with Crippen LogP contribution in [0.5, 0.6) is 0 Å². The zero-order valence-electron chi connectivity index (χ0n) is 10.6. The maximum absolute atomic E-state index is 3.32. The minimum Gasteiger partial charge on any atom is -0.313 e. The molecule has 1 atom stereocenters. The molecule has 0 spiro atoms. The predicted octanol–water partition coefficient (Wildman–Crippen LogP) is 3.64. The first-order valence-electron chi connectivity index (χ1n) is 5.63. The Labute approximate surface area is 103 Å². The van der Waals surface area contributed by atoms with Gasteiger partial charge in [-0.15, -0.1) is 11.8 Å². The van der Waals surface area contributed by atoms with Crippen LogP contribution in [0.1, 0.15) is 19.4 Å². The standard InChI is InChI=1S/C14H21NS/c1-11(2)9-13(15-4)10-16-14-7-5-12(3)6-8-14/h5-9,13,15H,10H2,1-4H3. The fourth-order valence-corrected chi connectivity index (χ4v) is 2.40. The first-order valence-corrected chi connectivity index (χ1v) is 6.62. The summed E-state index contributed by atoms with van der Waals surface area (Å²) in [6.07, 6.45) is 2.28. The van der Waals surface area contributed by atoms with Crippen LogP contribution in [0, 0.1) is 6.92 Å². The third-order valence-corrected chi connectivity index (χ3v) is 3.49. The minimum absolute atomic E-state index is 0.455. The molecule has 0 saturated heterocycles. The van der Waals surface area contributed by atoms with Crippen molar-refractivity contribution in [3.8, 4) is 0 Å². The Bertz CT molecular complexity index is 336. The van der Waals surface area contributed by atoms with Crippen molar-refractivity contribution in [3.05, 3.63) is 41.5 Å².